The summed E-state index contributed by atoms with van der Waals surface area (Å²) in [5.41, 5.74) is -2.37. The zero-order valence-corrected chi connectivity index (χ0v) is 11.2. The summed E-state index contributed by atoms with van der Waals surface area (Å²) in [5, 5.41) is 0.864. The average molecular weight is 313 g/mol. The molecule has 0 radical (unpaired) electrons. The van der Waals surface area contributed by atoms with E-state index in [0.717, 1.165) is 29.3 Å². The van der Waals surface area contributed by atoms with Gasteiger partial charge in [-0.25, -0.2) is 0 Å². The second-order valence-corrected chi connectivity index (χ2v) is 5.43. The number of alkyl halides is 4. The van der Waals surface area contributed by atoms with Gasteiger partial charge in [0.2, 0.25) is 0 Å². The lowest BCUT2D eigenvalue weighted by molar-refractivity contribution is -0.0328. The lowest BCUT2D eigenvalue weighted by atomic mass is 10.1. The first-order valence-corrected chi connectivity index (χ1v) is 6.77. The first kappa shape index (κ1) is 13.9. The monoisotopic (exact) mass is 312 g/mol. The molecule has 1 aromatic carbocycles. The lowest BCUT2D eigenvalue weighted by Crippen LogP contribution is -1.99. The van der Waals surface area contributed by atoms with E-state index in [9.17, 15) is 13.2 Å². The van der Waals surface area contributed by atoms with Gasteiger partial charge in [0.25, 0.3) is 0 Å². The Kier molecular flexibility index (Phi) is 5.18. The maximum absolute atomic E-state index is 12.2. The highest BCUT2D eigenvalue weighted by molar-refractivity contribution is 9.09. The molecule has 0 unspecified atom stereocenters. The van der Waals surface area contributed by atoms with Crippen molar-refractivity contribution in [3.63, 3.8) is 0 Å². The normalized spacial score (nSPS) is 11.8. The molecule has 5 heteroatoms. The Balaban J connectivity index is 2.81. The summed E-state index contributed by atoms with van der Waals surface area (Å²) < 4.78 is 36.6. The van der Waals surface area contributed by atoms with Gasteiger partial charge in [-0.05, 0) is 54.8 Å². The molecular formula is C11H12BrF3S. The van der Waals surface area contributed by atoms with Crippen LogP contribution in [0.2, 0.25) is 0 Å². The Hall–Kier alpha value is -0.160. The molecule has 0 bridgehead atoms. The summed E-state index contributed by atoms with van der Waals surface area (Å²) in [7, 11) is 0. The van der Waals surface area contributed by atoms with Crippen LogP contribution in [0.5, 0.6) is 0 Å². The van der Waals surface area contributed by atoms with Crippen LogP contribution >= 0.6 is 27.7 Å². The third-order valence-corrected chi connectivity index (χ3v) is 3.21. The minimum Gasteiger partial charge on any atom is -0.160 e. The van der Waals surface area contributed by atoms with Gasteiger partial charge in [-0.1, -0.05) is 22.0 Å². The number of benzene rings is 1. The largest absolute Gasteiger partial charge is 0.446 e. The van der Waals surface area contributed by atoms with Crippen molar-refractivity contribution >= 4 is 27.7 Å². The molecule has 0 aliphatic carbocycles. The molecule has 0 fully saturated rings. The molecule has 0 aliphatic heterocycles. The summed E-state index contributed by atoms with van der Waals surface area (Å²) in [4.78, 5) is 0.275. The third kappa shape index (κ3) is 5.25. The van der Waals surface area contributed by atoms with Crippen LogP contribution in [-0.4, -0.2) is 10.8 Å². The molecule has 0 heterocycles. The van der Waals surface area contributed by atoms with Crippen molar-refractivity contribution in [3.8, 4) is 0 Å². The summed E-state index contributed by atoms with van der Waals surface area (Å²) in [6.45, 7) is 1.82. The minimum atomic E-state index is -4.21. The van der Waals surface area contributed by atoms with Crippen LogP contribution < -0.4 is 0 Å². The predicted molar refractivity (Wildman–Crippen MR) is 65.2 cm³/mol. The Labute approximate surface area is 106 Å². The fraction of sp³-hybridized carbons (Fsp3) is 0.455. The van der Waals surface area contributed by atoms with Crippen molar-refractivity contribution in [2.45, 2.75) is 30.2 Å². The van der Waals surface area contributed by atoms with Crippen molar-refractivity contribution in [1.82, 2.24) is 0 Å². The molecule has 0 amide bonds. The summed E-state index contributed by atoms with van der Waals surface area (Å²) in [6, 6.07) is 5.12. The highest BCUT2D eigenvalue weighted by Gasteiger charge is 2.29. The third-order valence-electron chi connectivity index (χ3n) is 1.94. The SMILES string of the molecule is Cc1cc(CCCBr)cc(SC(F)(F)F)c1. The van der Waals surface area contributed by atoms with Gasteiger partial charge in [-0.15, -0.1) is 0 Å². The van der Waals surface area contributed by atoms with E-state index < -0.39 is 5.51 Å². The molecule has 0 spiro atoms. The maximum Gasteiger partial charge on any atom is 0.446 e. The van der Waals surface area contributed by atoms with E-state index in [2.05, 4.69) is 15.9 Å². The Morgan fingerprint density at radius 2 is 1.94 bits per heavy atom. The van der Waals surface area contributed by atoms with E-state index >= 15 is 0 Å². The molecule has 0 atom stereocenters. The molecule has 1 rings (SSSR count). The van der Waals surface area contributed by atoms with E-state index in [4.69, 9.17) is 0 Å². The van der Waals surface area contributed by atoms with E-state index in [0.29, 0.717) is 0 Å². The van der Waals surface area contributed by atoms with Gasteiger partial charge in [-0.3, -0.25) is 0 Å². The minimum absolute atomic E-state index is 0.0492. The Morgan fingerprint density at radius 1 is 1.25 bits per heavy atom. The number of aryl methyl sites for hydroxylation is 2. The van der Waals surface area contributed by atoms with Gasteiger partial charge in [0.05, 0.1) is 0 Å². The topological polar surface area (TPSA) is 0 Å². The smallest absolute Gasteiger partial charge is 0.160 e. The van der Waals surface area contributed by atoms with Crippen LogP contribution in [0.4, 0.5) is 13.2 Å². The highest BCUT2D eigenvalue weighted by Crippen LogP contribution is 2.37. The van der Waals surface area contributed by atoms with Crippen molar-refractivity contribution in [3.05, 3.63) is 29.3 Å². The molecule has 0 nitrogen and oxygen atoms in total. The number of thioether (sulfide) groups is 1. The molecular weight excluding hydrogens is 301 g/mol. The fourth-order valence-corrected chi connectivity index (χ4v) is 2.44. The van der Waals surface area contributed by atoms with E-state index in [-0.39, 0.29) is 16.7 Å². The van der Waals surface area contributed by atoms with Crippen LogP contribution in [0.15, 0.2) is 23.1 Å². The number of rotatable bonds is 4. The van der Waals surface area contributed by atoms with Gasteiger partial charge in [-0.2, -0.15) is 13.2 Å². The van der Waals surface area contributed by atoms with Gasteiger partial charge in [0.15, 0.2) is 0 Å². The average Bonchev–Trinajstić information content (AvgIpc) is 2.10. The van der Waals surface area contributed by atoms with Gasteiger partial charge < -0.3 is 0 Å². The van der Waals surface area contributed by atoms with Gasteiger partial charge >= 0.3 is 5.51 Å². The zero-order valence-electron chi connectivity index (χ0n) is 8.77. The second-order valence-electron chi connectivity index (χ2n) is 3.49. The van der Waals surface area contributed by atoms with Crippen LogP contribution in [0.1, 0.15) is 17.5 Å². The number of hydrogen-bond acceptors (Lipinski definition) is 1. The molecule has 0 N–H and O–H groups in total. The first-order valence-electron chi connectivity index (χ1n) is 4.83. The number of halogens is 4. The fourth-order valence-electron chi connectivity index (χ4n) is 1.43. The lowest BCUT2D eigenvalue weighted by Gasteiger charge is -2.09. The maximum atomic E-state index is 12.2. The molecule has 90 valence electrons. The quantitative estimate of drug-likeness (QED) is 0.561. The Bertz CT molecular complexity index is 350. The first-order chi connectivity index (χ1) is 7.40. The molecule has 0 saturated heterocycles. The second kappa shape index (κ2) is 5.96. The molecule has 1 aromatic rings. The summed E-state index contributed by atoms with van der Waals surface area (Å²) >= 11 is 3.26. The van der Waals surface area contributed by atoms with Crippen molar-refractivity contribution < 1.29 is 13.2 Å². The molecule has 16 heavy (non-hydrogen) atoms. The standard InChI is InChI=1S/C11H12BrF3S/c1-8-5-9(3-2-4-12)7-10(6-8)16-11(13,14)15/h5-7H,2-4H2,1H3. The molecule has 0 aromatic heterocycles. The molecule has 0 saturated carbocycles. The molecule has 0 aliphatic rings. The van der Waals surface area contributed by atoms with Crippen LogP contribution in [-0.2, 0) is 6.42 Å². The summed E-state index contributed by atoms with van der Waals surface area (Å²) in [5.74, 6) is 0. The van der Waals surface area contributed by atoms with E-state index in [1.807, 2.05) is 13.0 Å². The highest BCUT2D eigenvalue weighted by atomic mass is 79.9. The van der Waals surface area contributed by atoms with Gasteiger partial charge in [0, 0.05) is 10.2 Å². The van der Waals surface area contributed by atoms with Crippen molar-refractivity contribution in [2.24, 2.45) is 0 Å². The van der Waals surface area contributed by atoms with Gasteiger partial charge in [0.1, 0.15) is 0 Å². The van der Waals surface area contributed by atoms with Crippen LogP contribution in [0.3, 0.4) is 0 Å². The van der Waals surface area contributed by atoms with Crippen LogP contribution in [0, 0.1) is 6.92 Å². The van der Waals surface area contributed by atoms with Crippen molar-refractivity contribution in [2.75, 3.05) is 5.33 Å². The van der Waals surface area contributed by atoms with E-state index in [1.54, 1.807) is 12.1 Å². The van der Waals surface area contributed by atoms with Crippen molar-refractivity contribution in [1.29, 1.82) is 0 Å². The zero-order chi connectivity index (χ0) is 12.2. The number of hydrogen-bond donors (Lipinski definition) is 0. The van der Waals surface area contributed by atoms with E-state index in [1.165, 1.54) is 0 Å². The van der Waals surface area contributed by atoms with Crippen LogP contribution in [0.25, 0.3) is 0 Å². The predicted octanol–water partition coefficient (Wildman–Crippen LogP) is 4.93. The Morgan fingerprint density at radius 3 is 2.50 bits per heavy atom. The summed E-state index contributed by atoms with van der Waals surface area (Å²) in [6.07, 6.45) is 1.73.